The largest absolute Gasteiger partial charge is 0.481 e. The topological polar surface area (TPSA) is 63.6 Å². The van der Waals surface area contributed by atoms with Gasteiger partial charge in [0.2, 0.25) is 0 Å². The van der Waals surface area contributed by atoms with Gasteiger partial charge in [-0.2, -0.15) is 0 Å². The van der Waals surface area contributed by atoms with Crippen LogP contribution in [0.3, 0.4) is 0 Å². The number of hydrogen-bond donors (Lipinski definition) is 1. The average molecular weight is 172 g/mol. The van der Waals surface area contributed by atoms with Gasteiger partial charge in [-0.1, -0.05) is 0 Å². The van der Waals surface area contributed by atoms with Gasteiger partial charge in [-0.05, 0) is 13.8 Å². The highest BCUT2D eigenvalue weighted by Crippen LogP contribution is 2.34. The summed E-state index contributed by atoms with van der Waals surface area (Å²) in [5.41, 5.74) is -0.616. The average Bonchev–Trinajstić information content (AvgIpc) is 2.04. The smallest absolute Gasteiger partial charge is 0.306 e. The predicted octanol–water partition coefficient (Wildman–Crippen LogP) is 0.803. The van der Waals surface area contributed by atoms with Gasteiger partial charge in [-0.3, -0.25) is 9.59 Å². The lowest BCUT2D eigenvalue weighted by Crippen LogP contribution is -2.29. The van der Waals surface area contributed by atoms with Gasteiger partial charge >= 0.3 is 11.9 Å². The lowest BCUT2D eigenvalue weighted by molar-refractivity contribution is -0.148. The van der Waals surface area contributed by atoms with E-state index in [-0.39, 0.29) is 24.7 Å². The molecule has 1 aliphatic rings. The van der Waals surface area contributed by atoms with E-state index in [4.69, 9.17) is 9.84 Å². The molecule has 0 aromatic rings. The Hall–Kier alpha value is -1.06. The Bertz CT molecular complexity index is 219. The van der Waals surface area contributed by atoms with E-state index >= 15 is 0 Å². The molecule has 0 spiro atoms. The fraction of sp³-hybridized carbons (Fsp3) is 0.750. The number of aliphatic carboxylic acids is 1. The van der Waals surface area contributed by atoms with Crippen molar-refractivity contribution in [3.63, 3.8) is 0 Å². The normalized spacial score (nSPS) is 26.8. The van der Waals surface area contributed by atoms with Crippen molar-refractivity contribution in [1.29, 1.82) is 0 Å². The second kappa shape index (κ2) is 2.77. The van der Waals surface area contributed by atoms with Crippen LogP contribution < -0.4 is 0 Å². The number of ether oxygens (including phenoxy) is 1. The highest BCUT2D eigenvalue weighted by molar-refractivity contribution is 5.75. The van der Waals surface area contributed by atoms with Crippen LogP contribution in [0.15, 0.2) is 0 Å². The second-order valence-corrected chi connectivity index (χ2v) is 3.58. The summed E-state index contributed by atoms with van der Waals surface area (Å²) in [5, 5.41) is 8.53. The highest BCUT2D eigenvalue weighted by atomic mass is 16.6. The van der Waals surface area contributed by atoms with Gasteiger partial charge < -0.3 is 9.84 Å². The molecule has 4 nitrogen and oxygen atoms in total. The molecule has 68 valence electrons. The van der Waals surface area contributed by atoms with Crippen LogP contribution in [0.1, 0.15) is 26.7 Å². The van der Waals surface area contributed by atoms with E-state index in [0.717, 1.165) is 0 Å². The molecule has 0 saturated carbocycles. The van der Waals surface area contributed by atoms with E-state index in [1.807, 2.05) is 0 Å². The van der Waals surface area contributed by atoms with Crippen molar-refractivity contribution in [3.05, 3.63) is 0 Å². The molecule has 0 unspecified atom stereocenters. The molecule has 0 amide bonds. The molecule has 1 fully saturated rings. The Balaban J connectivity index is 2.65. The molecule has 0 aliphatic carbocycles. The summed E-state index contributed by atoms with van der Waals surface area (Å²) in [6.07, 6.45) is 0.220. The van der Waals surface area contributed by atoms with Crippen LogP contribution in [0, 0.1) is 5.92 Å². The second-order valence-electron chi connectivity index (χ2n) is 3.58. The summed E-state index contributed by atoms with van der Waals surface area (Å²) in [4.78, 5) is 21.2. The van der Waals surface area contributed by atoms with Crippen molar-refractivity contribution in [1.82, 2.24) is 0 Å². The third kappa shape index (κ3) is 1.75. The molecule has 4 heteroatoms. The number of hydrogen-bond acceptors (Lipinski definition) is 3. The zero-order valence-electron chi connectivity index (χ0n) is 7.16. The Morgan fingerprint density at radius 1 is 1.75 bits per heavy atom. The fourth-order valence-electron chi connectivity index (χ4n) is 1.39. The van der Waals surface area contributed by atoms with Gasteiger partial charge in [0.1, 0.15) is 5.60 Å². The van der Waals surface area contributed by atoms with Crippen molar-refractivity contribution in [3.8, 4) is 0 Å². The van der Waals surface area contributed by atoms with Crippen LogP contribution >= 0.6 is 0 Å². The quantitative estimate of drug-likeness (QED) is 0.626. The van der Waals surface area contributed by atoms with Crippen LogP contribution in [0.2, 0.25) is 0 Å². The van der Waals surface area contributed by atoms with Crippen molar-refractivity contribution >= 4 is 11.9 Å². The van der Waals surface area contributed by atoms with Gasteiger partial charge in [0.25, 0.3) is 0 Å². The number of carboxylic acids is 1. The van der Waals surface area contributed by atoms with Crippen LogP contribution in [-0.2, 0) is 14.3 Å². The molecule has 1 N–H and O–H groups in total. The molecule has 1 atom stereocenters. The molecule has 0 radical (unpaired) electrons. The molecule has 1 rings (SSSR count). The minimum Gasteiger partial charge on any atom is -0.481 e. The van der Waals surface area contributed by atoms with Crippen LogP contribution in [0.25, 0.3) is 0 Å². The number of carboxylic acid groups (broad SMARTS) is 1. The Kier molecular flexibility index (Phi) is 2.08. The van der Waals surface area contributed by atoms with Crippen LogP contribution in [-0.4, -0.2) is 22.6 Å². The maximum atomic E-state index is 10.8. The predicted molar refractivity (Wildman–Crippen MR) is 40.5 cm³/mol. The van der Waals surface area contributed by atoms with E-state index in [2.05, 4.69) is 0 Å². The number of carbonyl (C=O) groups excluding carboxylic acids is 1. The molecule has 1 saturated heterocycles. The number of rotatable bonds is 2. The monoisotopic (exact) mass is 172 g/mol. The van der Waals surface area contributed by atoms with Crippen molar-refractivity contribution in [2.75, 3.05) is 0 Å². The van der Waals surface area contributed by atoms with E-state index in [0.29, 0.717) is 0 Å². The zero-order valence-corrected chi connectivity index (χ0v) is 7.16. The van der Waals surface area contributed by atoms with Crippen molar-refractivity contribution in [2.24, 2.45) is 5.92 Å². The van der Waals surface area contributed by atoms with E-state index < -0.39 is 11.6 Å². The summed E-state index contributed by atoms with van der Waals surface area (Å²) >= 11 is 0. The Labute approximate surface area is 70.5 Å². The van der Waals surface area contributed by atoms with Crippen LogP contribution in [0.5, 0.6) is 0 Å². The molecule has 1 aliphatic heterocycles. The third-order valence-corrected chi connectivity index (χ3v) is 2.19. The maximum Gasteiger partial charge on any atom is 0.306 e. The molecular formula is C8H12O4. The van der Waals surface area contributed by atoms with Gasteiger partial charge in [0, 0.05) is 5.92 Å². The lowest BCUT2D eigenvalue weighted by Gasteiger charge is -2.22. The van der Waals surface area contributed by atoms with Crippen molar-refractivity contribution in [2.45, 2.75) is 32.3 Å². The van der Waals surface area contributed by atoms with Gasteiger partial charge in [0.15, 0.2) is 0 Å². The van der Waals surface area contributed by atoms with E-state index in [9.17, 15) is 9.59 Å². The fourth-order valence-corrected chi connectivity index (χ4v) is 1.39. The molecule has 0 aromatic heterocycles. The summed E-state index contributed by atoms with van der Waals surface area (Å²) < 4.78 is 4.96. The lowest BCUT2D eigenvalue weighted by atomic mass is 9.88. The maximum absolute atomic E-state index is 10.8. The first-order valence-electron chi connectivity index (χ1n) is 3.85. The van der Waals surface area contributed by atoms with Gasteiger partial charge in [-0.25, -0.2) is 0 Å². The van der Waals surface area contributed by atoms with Gasteiger partial charge in [0.05, 0.1) is 12.8 Å². The molecule has 0 bridgehead atoms. The first-order valence-corrected chi connectivity index (χ1v) is 3.85. The summed E-state index contributed by atoms with van der Waals surface area (Å²) in [7, 11) is 0. The minimum absolute atomic E-state index is 0.00125. The summed E-state index contributed by atoms with van der Waals surface area (Å²) in [5.74, 6) is -1.37. The third-order valence-electron chi connectivity index (χ3n) is 2.19. The van der Waals surface area contributed by atoms with Gasteiger partial charge in [-0.15, -0.1) is 0 Å². The zero-order chi connectivity index (χ0) is 9.35. The molecule has 1 heterocycles. The number of carbonyl (C=O) groups is 2. The molecular weight excluding hydrogens is 160 g/mol. The Morgan fingerprint density at radius 2 is 2.33 bits per heavy atom. The first kappa shape index (κ1) is 9.03. The minimum atomic E-state index is -0.883. The highest BCUT2D eigenvalue weighted by Gasteiger charge is 2.42. The molecule has 0 aromatic carbocycles. The SMILES string of the molecule is CC1(C)OC(=O)C[C@@H]1CC(=O)O. The molecule has 12 heavy (non-hydrogen) atoms. The van der Waals surface area contributed by atoms with E-state index in [1.54, 1.807) is 13.8 Å². The first-order chi connectivity index (χ1) is 5.42. The standard InChI is InChI=1S/C8H12O4/c1-8(2)5(3-6(9)10)4-7(11)12-8/h5H,3-4H2,1-2H3,(H,9,10)/t5-/m0/s1. The number of esters is 1. The van der Waals surface area contributed by atoms with Crippen molar-refractivity contribution < 1.29 is 19.4 Å². The summed E-state index contributed by atoms with van der Waals surface area (Å²) in [6.45, 7) is 3.48. The van der Waals surface area contributed by atoms with E-state index in [1.165, 1.54) is 0 Å². The van der Waals surface area contributed by atoms with Crippen LogP contribution in [0.4, 0.5) is 0 Å². The Morgan fingerprint density at radius 3 is 2.67 bits per heavy atom. The summed E-state index contributed by atoms with van der Waals surface area (Å²) in [6, 6.07) is 0. The number of cyclic esters (lactones) is 1.